The van der Waals surface area contributed by atoms with E-state index in [4.69, 9.17) is 5.11 Å². The number of urea groups is 1. The summed E-state index contributed by atoms with van der Waals surface area (Å²) in [6, 6.07) is -0.254. The molecule has 21 heavy (non-hydrogen) atoms. The number of nitrogens with zero attached hydrogens (tertiary/aromatic N) is 1. The molecule has 0 aromatic heterocycles. The zero-order valence-corrected chi connectivity index (χ0v) is 12.5. The SMILES string of the molecule is O=C(NC1(C(=O)O)CCCCC1)N1CCCCC1CCO. The van der Waals surface area contributed by atoms with Crippen LogP contribution < -0.4 is 5.32 Å². The minimum absolute atomic E-state index is 0.0261. The standard InChI is InChI=1S/C15H26N2O4/c18-11-7-12-6-2-5-10-17(12)14(21)16-15(13(19)20)8-3-1-4-9-15/h12,18H,1-11H2,(H,16,21)(H,19,20). The van der Waals surface area contributed by atoms with Crippen molar-refractivity contribution in [3.8, 4) is 0 Å². The number of rotatable bonds is 4. The summed E-state index contributed by atoms with van der Waals surface area (Å²) in [6.45, 7) is 0.699. The lowest BCUT2D eigenvalue weighted by Crippen LogP contribution is -2.60. The van der Waals surface area contributed by atoms with Gasteiger partial charge in [-0.2, -0.15) is 0 Å². The van der Waals surface area contributed by atoms with Crippen molar-refractivity contribution >= 4 is 12.0 Å². The third kappa shape index (κ3) is 3.67. The van der Waals surface area contributed by atoms with Crippen molar-refractivity contribution in [2.75, 3.05) is 13.2 Å². The Kier molecular flexibility index (Phi) is 5.45. The van der Waals surface area contributed by atoms with Crippen LogP contribution in [0.2, 0.25) is 0 Å². The van der Waals surface area contributed by atoms with Crippen LogP contribution in [-0.4, -0.2) is 51.8 Å². The highest BCUT2D eigenvalue weighted by atomic mass is 16.4. The zero-order valence-electron chi connectivity index (χ0n) is 12.5. The Morgan fingerprint density at radius 1 is 1.14 bits per heavy atom. The highest BCUT2D eigenvalue weighted by molar-refractivity contribution is 5.86. The van der Waals surface area contributed by atoms with Crippen LogP contribution in [0, 0.1) is 0 Å². The molecule has 2 aliphatic rings. The van der Waals surface area contributed by atoms with Crippen molar-refractivity contribution in [1.29, 1.82) is 0 Å². The summed E-state index contributed by atoms with van der Waals surface area (Å²) in [6.07, 6.45) is 7.16. The number of carbonyl (C=O) groups excluding carboxylic acids is 1. The molecule has 6 nitrogen and oxygen atoms in total. The summed E-state index contributed by atoms with van der Waals surface area (Å²) in [5.41, 5.74) is -1.10. The Morgan fingerprint density at radius 2 is 1.86 bits per heavy atom. The molecule has 6 heteroatoms. The summed E-state index contributed by atoms with van der Waals surface area (Å²) >= 11 is 0. The molecule has 1 saturated heterocycles. The van der Waals surface area contributed by atoms with Crippen LogP contribution in [0.4, 0.5) is 4.79 Å². The van der Waals surface area contributed by atoms with Gasteiger partial charge < -0.3 is 20.4 Å². The maximum absolute atomic E-state index is 12.5. The van der Waals surface area contributed by atoms with Gasteiger partial charge in [-0.15, -0.1) is 0 Å². The number of carbonyl (C=O) groups is 2. The number of piperidine rings is 1. The Bertz CT molecular complexity index is 378. The number of likely N-dealkylation sites (tertiary alicyclic amines) is 1. The largest absolute Gasteiger partial charge is 0.480 e. The summed E-state index contributed by atoms with van der Waals surface area (Å²) in [7, 11) is 0. The maximum atomic E-state index is 12.5. The molecule has 1 aliphatic heterocycles. The minimum atomic E-state index is -1.10. The lowest BCUT2D eigenvalue weighted by atomic mass is 9.81. The average Bonchev–Trinajstić information content (AvgIpc) is 2.49. The second-order valence-electron chi connectivity index (χ2n) is 6.23. The van der Waals surface area contributed by atoms with E-state index in [2.05, 4.69) is 5.32 Å². The van der Waals surface area contributed by atoms with E-state index in [-0.39, 0.29) is 18.7 Å². The number of carboxylic acids is 1. The smallest absolute Gasteiger partial charge is 0.329 e. The van der Waals surface area contributed by atoms with Crippen LogP contribution in [0.5, 0.6) is 0 Å². The number of hydrogen-bond acceptors (Lipinski definition) is 3. The molecule has 0 bridgehead atoms. The number of hydrogen-bond donors (Lipinski definition) is 3. The minimum Gasteiger partial charge on any atom is -0.480 e. The molecule has 1 saturated carbocycles. The van der Waals surface area contributed by atoms with Crippen molar-refractivity contribution < 1.29 is 19.8 Å². The molecule has 0 spiro atoms. The summed E-state index contributed by atoms with van der Waals surface area (Å²) in [4.78, 5) is 25.9. The van der Waals surface area contributed by atoms with Gasteiger partial charge in [0.05, 0.1) is 0 Å². The van der Waals surface area contributed by atoms with E-state index < -0.39 is 11.5 Å². The molecule has 0 radical (unpaired) electrons. The zero-order chi connectivity index (χ0) is 15.3. The predicted molar refractivity (Wildman–Crippen MR) is 78.0 cm³/mol. The molecule has 3 N–H and O–H groups in total. The molecule has 2 fully saturated rings. The fraction of sp³-hybridized carbons (Fsp3) is 0.867. The molecule has 1 aliphatic carbocycles. The van der Waals surface area contributed by atoms with Crippen LogP contribution >= 0.6 is 0 Å². The van der Waals surface area contributed by atoms with E-state index in [1.807, 2.05) is 0 Å². The Labute approximate surface area is 125 Å². The first kappa shape index (κ1) is 16.1. The fourth-order valence-corrected chi connectivity index (χ4v) is 3.54. The van der Waals surface area contributed by atoms with E-state index >= 15 is 0 Å². The first-order valence-electron chi connectivity index (χ1n) is 8.02. The average molecular weight is 298 g/mol. The number of nitrogens with one attached hydrogen (secondary N) is 1. The Hall–Kier alpha value is -1.30. The van der Waals surface area contributed by atoms with Gasteiger partial charge in [0, 0.05) is 19.2 Å². The monoisotopic (exact) mass is 298 g/mol. The molecule has 1 atom stereocenters. The molecule has 2 rings (SSSR count). The van der Waals surface area contributed by atoms with E-state index in [0.29, 0.717) is 25.8 Å². The van der Waals surface area contributed by atoms with Crippen LogP contribution in [-0.2, 0) is 4.79 Å². The molecule has 1 unspecified atom stereocenters. The number of aliphatic carboxylic acids is 1. The fourth-order valence-electron chi connectivity index (χ4n) is 3.54. The predicted octanol–water partition coefficient (Wildman–Crippen LogP) is 1.72. The van der Waals surface area contributed by atoms with Gasteiger partial charge in [-0.25, -0.2) is 9.59 Å². The van der Waals surface area contributed by atoms with E-state index in [1.165, 1.54) is 0 Å². The lowest BCUT2D eigenvalue weighted by molar-refractivity contribution is -0.146. The van der Waals surface area contributed by atoms with Gasteiger partial charge in [0.2, 0.25) is 0 Å². The van der Waals surface area contributed by atoms with Crippen molar-refractivity contribution in [2.24, 2.45) is 0 Å². The second-order valence-corrected chi connectivity index (χ2v) is 6.23. The Balaban J connectivity index is 2.05. The van der Waals surface area contributed by atoms with Gasteiger partial charge in [0.15, 0.2) is 0 Å². The van der Waals surface area contributed by atoms with Crippen molar-refractivity contribution in [1.82, 2.24) is 10.2 Å². The quantitative estimate of drug-likeness (QED) is 0.737. The van der Waals surface area contributed by atoms with Gasteiger partial charge in [-0.05, 0) is 38.5 Å². The summed E-state index contributed by atoms with van der Waals surface area (Å²) in [5, 5.41) is 21.5. The van der Waals surface area contributed by atoms with Gasteiger partial charge >= 0.3 is 12.0 Å². The van der Waals surface area contributed by atoms with Gasteiger partial charge in [0.25, 0.3) is 0 Å². The normalized spacial score (nSPS) is 25.4. The van der Waals surface area contributed by atoms with Crippen molar-refractivity contribution in [2.45, 2.75) is 69.4 Å². The van der Waals surface area contributed by atoms with E-state index in [0.717, 1.165) is 38.5 Å². The molecule has 2 amide bonds. The van der Waals surface area contributed by atoms with Crippen LogP contribution in [0.1, 0.15) is 57.8 Å². The molecule has 0 aromatic rings. The third-order valence-electron chi connectivity index (χ3n) is 4.81. The van der Waals surface area contributed by atoms with Crippen LogP contribution in [0.15, 0.2) is 0 Å². The summed E-state index contributed by atoms with van der Waals surface area (Å²) < 4.78 is 0. The summed E-state index contributed by atoms with van der Waals surface area (Å²) in [5.74, 6) is -0.925. The molecule has 120 valence electrons. The van der Waals surface area contributed by atoms with Crippen LogP contribution in [0.25, 0.3) is 0 Å². The van der Waals surface area contributed by atoms with Crippen LogP contribution in [0.3, 0.4) is 0 Å². The number of amides is 2. The first-order valence-corrected chi connectivity index (χ1v) is 8.02. The molecular weight excluding hydrogens is 272 g/mol. The molecule has 1 heterocycles. The van der Waals surface area contributed by atoms with E-state index in [1.54, 1.807) is 4.90 Å². The van der Waals surface area contributed by atoms with Crippen molar-refractivity contribution in [3.05, 3.63) is 0 Å². The van der Waals surface area contributed by atoms with Gasteiger partial charge in [-0.3, -0.25) is 0 Å². The second kappa shape index (κ2) is 7.11. The number of aliphatic hydroxyl groups excluding tert-OH is 1. The number of aliphatic hydroxyl groups is 1. The molecule has 0 aromatic carbocycles. The number of carboxylic acid groups (broad SMARTS) is 1. The Morgan fingerprint density at radius 3 is 2.48 bits per heavy atom. The highest BCUT2D eigenvalue weighted by Crippen LogP contribution is 2.29. The van der Waals surface area contributed by atoms with Gasteiger partial charge in [0.1, 0.15) is 5.54 Å². The first-order chi connectivity index (χ1) is 10.1. The lowest BCUT2D eigenvalue weighted by Gasteiger charge is -2.40. The maximum Gasteiger partial charge on any atom is 0.329 e. The van der Waals surface area contributed by atoms with Gasteiger partial charge in [-0.1, -0.05) is 19.3 Å². The molecular formula is C15H26N2O4. The topological polar surface area (TPSA) is 89.9 Å². The van der Waals surface area contributed by atoms with Crippen molar-refractivity contribution in [3.63, 3.8) is 0 Å². The van der Waals surface area contributed by atoms with E-state index in [9.17, 15) is 14.7 Å². The third-order valence-corrected chi connectivity index (χ3v) is 4.81. The highest BCUT2D eigenvalue weighted by Gasteiger charge is 2.42.